The van der Waals surface area contributed by atoms with Crippen molar-refractivity contribution in [2.24, 2.45) is 0 Å². The van der Waals surface area contributed by atoms with Crippen molar-refractivity contribution in [1.82, 2.24) is 0 Å². The van der Waals surface area contributed by atoms with E-state index in [4.69, 9.17) is 18.9 Å². The van der Waals surface area contributed by atoms with E-state index in [2.05, 4.69) is 27.7 Å². The van der Waals surface area contributed by atoms with Gasteiger partial charge in [0.1, 0.15) is 0 Å². The van der Waals surface area contributed by atoms with Gasteiger partial charge in [-0.25, -0.2) is 9.59 Å². The van der Waals surface area contributed by atoms with Crippen LogP contribution in [0.4, 0.5) is 0 Å². The summed E-state index contributed by atoms with van der Waals surface area (Å²) >= 11 is 0. The Bertz CT molecular complexity index is 754. The van der Waals surface area contributed by atoms with E-state index in [9.17, 15) is 19.2 Å². The second-order valence-corrected chi connectivity index (χ2v) is 13.2. The maximum atomic E-state index is 12.1. The highest BCUT2D eigenvalue weighted by Crippen LogP contribution is 2.14. The fourth-order valence-corrected chi connectivity index (χ4v) is 5.37. The summed E-state index contributed by atoms with van der Waals surface area (Å²) in [5.74, 6) is -1.61. The van der Waals surface area contributed by atoms with Gasteiger partial charge in [-0.1, -0.05) is 156 Å². The Morgan fingerprint density at radius 2 is 0.625 bits per heavy atom. The lowest BCUT2D eigenvalue weighted by Gasteiger charge is -2.16. The van der Waals surface area contributed by atoms with Crippen LogP contribution in [0.25, 0.3) is 0 Å². The Balaban J connectivity index is 0. The second kappa shape index (κ2) is 37.7. The van der Waals surface area contributed by atoms with Crippen molar-refractivity contribution in [2.45, 2.75) is 221 Å². The van der Waals surface area contributed by atoms with Crippen LogP contribution in [0.1, 0.15) is 208 Å². The number of carbonyl (C=O) groups is 4. The highest BCUT2D eigenvalue weighted by molar-refractivity contribution is 5.79. The van der Waals surface area contributed by atoms with E-state index in [1.165, 1.54) is 90.9 Å². The van der Waals surface area contributed by atoms with Crippen LogP contribution in [-0.4, -0.2) is 49.3 Å². The first-order valence-electron chi connectivity index (χ1n) is 19.9. The van der Waals surface area contributed by atoms with E-state index in [0.717, 1.165) is 77.0 Å². The molecule has 2 unspecified atom stereocenters. The monoisotopic (exact) mass is 685 g/mol. The van der Waals surface area contributed by atoms with E-state index in [1.54, 1.807) is 0 Å². The molecule has 48 heavy (non-hydrogen) atoms. The topological polar surface area (TPSA) is 105 Å². The Morgan fingerprint density at radius 3 is 0.896 bits per heavy atom. The SMILES string of the molecule is CCCCCCCCCCCCOC(=O)C(CCCCCC)OC(C)=O.CCCCCCCCOC(=O)C(CCCCCC)OC(C)=O. The molecule has 0 heterocycles. The lowest BCUT2D eigenvalue weighted by atomic mass is 10.1. The van der Waals surface area contributed by atoms with Gasteiger partial charge in [0.05, 0.1) is 13.2 Å². The number of rotatable bonds is 32. The Kier molecular flexibility index (Phi) is 37.7. The van der Waals surface area contributed by atoms with Crippen molar-refractivity contribution in [3.8, 4) is 0 Å². The average Bonchev–Trinajstić information content (AvgIpc) is 3.05. The predicted molar refractivity (Wildman–Crippen MR) is 196 cm³/mol. The molecular formula is C40H76O8. The molecule has 0 saturated heterocycles. The fourth-order valence-electron chi connectivity index (χ4n) is 5.37. The normalized spacial score (nSPS) is 12.0. The molecule has 0 amide bonds. The molecule has 0 bridgehead atoms. The molecule has 0 aromatic heterocycles. The van der Waals surface area contributed by atoms with Gasteiger partial charge in [-0.3, -0.25) is 9.59 Å². The van der Waals surface area contributed by atoms with Crippen molar-refractivity contribution in [2.75, 3.05) is 13.2 Å². The summed E-state index contributed by atoms with van der Waals surface area (Å²) in [6.07, 6.45) is 27.5. The van der Waals surface area contributed by atoms with Crippen LogP contribution in [-0.2, 0) is 38.1 Å². The van der Waals surface area contributed by atoms with Gasteiger partial charge >= 0.3 is 23.9 Å². The van der Waals surface area contributed by atoms with Crippen LogP contribution in [0.5, 0.6) is 0 Å². The highest BCUT2D eigenvalue weighted by Gasteiger charge is 2.23. The van der Waals surface area contributed by atoms with Crippen molar-refractivity contribution in [3.05, 3.63) is 0 Å². The largest absolute Gasteiger partial charge is 0.463 e. The van der Waals surface area contributed by atoms with Crippen molar-refractivity contribution >= 4 is 23.9 Å². The summed E-state index contributed by atoms with van der Waals surface area (Å²) < 4.78 is 20.8. The van der Waals surface area contributed by atoms with E-state index in [-0.39, 0.29) is 11.9 Å². The average molecular weight is 685 g/mol. The van der Waals surface area contributed by atoms with E-state index < -0.39 is 24.1 Å². The van der Waals surface area contributed by atoms with Crippen LogP contribution in [0.15, 0.2) is 0 Å². The quantitative estimate of drug-likeness (QED) is 0.0391. The zero-order chi connectivity index (χ0) is 36.1. The minimum Gasteiger partial charge on any atom is -0.463 e. The Morgan fingerprint density at radius 1 is 0.375 bits per heavy atom. The first-order valence-corrected chi connectivity index (χ1v) is 19.9. The van der Waals surface area contributed by atoms with E-state index in [0.29, 0.717) is 26.1 Å². The molecule has 284 valence electrons. The lowest BCUT2D eigenvalue weighted by molar-refractivity contribution is -0.167. The van der Waals surface area contributed by atoms with Gasteiger partial charge in [-0.2, -0.15) is 0 Å². The third-order valence-corrected chi connectivity index (χ3v) is 8.27. The fraction of sp³-hybridized carbons (Fsp3) is 0.900. The summed E-state index contributed by atoms with van der Waals surface area (Å²) in [5, 5.41) is 0. The maximum absolute atomic E-state index is 12.1. The summed E-state index contributed by atoms with van der Waals surface area (Å²) in [4.78, 5) is 46.4. The van der Waals surface area contributed by atoms with E-state index in [1.807, 2.05) is 0 Å². The third kappa shape index (κ3) is 35.2. The molecular weight excluding hydrogens is 608 g/mol. The first-order chi connectivity index (χ1) is 23.2. The molecule has 8 nitrogen and oxygen atoms in total. The zero-order valence-electron chi connectivity index (χ0n) is 32.2. The molecule has 0 rings (SSSR count). The summed E-state index contributed by atoms with van der Waals surface area (Å²) in [6.45, 7) is 12.3. The van der Waals surface area contributed by atoms with Crippen molar-refractivity contribution in [1.29, 1.82) is 0 Å². The molecule has 8 heteroatoms. The molecule has 0 aromatic rings. The third-order valence-electron chi connectivity index (χ3n) is 8.27. The Labute approximate surface area is 295 Å². The van der Waals surface area contributed by atoms with Crippen LogP contribution in [0.3, 0.4) is 0 Å². The van der Waals surface area contributed by atoms with Gasteiger partial charge in [0.15, 0.2) is 12.2 Å². The van der Waals surface area contributed by atoms with Crippen molar-refractivity contribution in [3.63, 3.8) is 0 Å². The van der Waals surface area contributed by atoms with Crippen LogP contribution in [0, 0.1) is 0 Å². The van der Waals surface area contributed by atoms with Crippen LogP contribution < -0.4 is 0 Å². The predicted octanol–water partition coefficient (Wildman–Crippen LogP) is 11.1. The minimum atomic E-state index is -0.729. The molecule has 0 aliphatic carbocycles. The summed E-state index contributed by atoms with van der Waals surface area (Å²) in [5.41, 5.74) is 0. The molecule has 0 spiro atoms. The van der Waals surface area contributed by atoms with Gasteiger partial charge in [0.25, 0.3) is 0 Å². The molecule has 2 atom stereocenters. The van der Waals surface area contributed by atoms with Crippen molar-refractivity contribution < 1.29 is 38.1 Å². The number of esters is 4. The van der Waals surface area contributed by atoms with Crippen LogP contribution >= 0.6 is 0 Å². The standard InChI is InChI=1S/C22H42O4.C18H34O4/c1-4-6-8-10-11-12-13-14-15-17-19-25-22(24)21(26-20(3)23)18-16-9-7-5-2;1-4-6-8-10-11-13-15-21-18(20)17(22-16(3)19)14-12-9-7-5-2/h21H,4-19H2,1-3H3;17H,4-15H2,1-3H3. The molecule has 0 radical (unpaired) electrons. The zero-order valence-corrected chi connectivity index (χ0v) is 32.2. The number of hydrogen-bond acceptors (Lipinski definition) is 8. The van der Waals surface area contributed by atoms with E-state index >= 15 is 0 Å². The first kappa shape index (κ1) is 48.0. The maximum Gasteiger partial charge on any atom is 0.347 e. The second-order valence-electron chi connectivity index (χ2n) is 13.2. The van der Waals surface area contributed by atoms with Gasteiger partial charge in [-0.15, -0.1) is 0 Å². The molecule has 0 aliphatic rings. The summed E-state index contributed by atoms with van der Waals surface area (Å²) in [6, 6.07) is 0. The molecule has 0 N–H and O–H groups in total. The molecule has 0 aliphatic heterocycles. The molecule has 0 aromatic carbocycles. The lowest BCUT2D eigenvalue weighted by Crippen LogP contribution is -2.28. The number of ether oxygens (including phenoxy) is 4. The Hall–Kier alpha value is -2.12. The van der Waals surface area contributed by atoms with Crippen LogP contribution in [0.2, 0.25) is 0 Å². The number of carbonyl (C=O) groups excluding carboxylic acids is 4. The smallest absolute Gasteiger partial charge is 0.347 e. The van der Waals surface area contributed by atoms with Gasteiger partial charge in [0.2, 0.25) is 0 Å². The minimum absolute atomic E-state index is 0.382. The summed E-state index contributed by atoms with van der Waals surface area (Å²) in [7, 11) is 0. The van der Waals surface area contributed by atoms with Gasteiger partial charge in [0, 0.05) is 13.8 Å². The highest BCUT2D eigenvalue weighted by atomic mass is 16.6. The molecule has 0 saturated carbocycles. The van der Waals surface area contributed by atoms with Gasteiger partial charge < -0.3 is 18.9 Å². The number of unbranched alkanes of at least 4 members (excludes halogenated alkanes) is 20. The molecule has 0 fully saturated rings. The number of hydrogen-bond donors (Lipinski definition) is 0. The van der Waals surface area contributed by atoms with Gasteiger partial charge in [-0.05, 0) is 38.5 Å².